The highest BCUT2D eigenvalue weighted by molar-refractivity contribution is 5.99. The molecule has 4 aromatic rings. The molecule has 1 amide bonds. The zero-order valence-electron chi connectivity index (χ0n) is 18.5. The van der Waals surface area contributed by atoms with Crippen molar-refractivity contribution in [3.8, 4) is 11.3 Å². The molecule has 1 aliphatic rings. The summed E-state index contributed by atoms with van der Waals surface area (Å²) >= 11 is 0. The number of rotatable bonds is 6. The normalized spacial score (nSPS) is 14.5. The van der Waals surface area contributed by atoms with Crippen molar-refractivity contribution in [2.24, 2.45) is 5.73 Å². The van der Waals surface area contributed by atoms with Crippen LogP contribution in [0.5, 0.6) is 0 Å². The molecule has 0 unspecified atom stereocenters. The fraction of sp³-hybridized carbons (Fsp3) is 0.250. The Morgan fingerprint density at radius 3 is 2.48 bits per heavy atom. The van der Waals surface area contributed by atoms with E-state index in [2.05, 4.69) is 61.5 Å². The van der Waals surface area contributed by atoms with Crippen molar-refractivity contribution in [2.45, 2.75) is 6.54 Å². The van der Waals surface area contributed by atoms with Gasteiger partial charge in [-0.25, -0.2) is 14.5 Å². The summed E-state index contributed by atoms with van der Waals surface area (Å²) in [5.41, 5.74) is 10.2. The Kier molecular flexibility index (Phi) is 5.62. The summed E-state index contributed by atoms with van der Waals surface area (Å²) in [6.07, 6.45) is 3.32. The van der Waals surface area contributed by atoms with Crippen LogP contribution in [-0.2, 0) is 6.54 Å². The number of carbonyl (C=O) groups excluding carboxylic acids is 1. The van der Waals surface area contributed by atoms with Crippen LogP contribution in [0.4, 0.5) is 11.5 Å². The Bertz CT molecular complexity index is 1260. The number of carbonyl (C=O) groups is 1. The van der Waals surface area contributed by atoms with Crippen LogP contribution < -0.4 is 16.0 Å². The van der Waals surface area contributed by atoms with Crippen molar-refractivity contribution in [2.75, 3.05) is 43.4 Å². The van der Waals surface area contributed by atoms with Crippen LogP contribution >= 0.6 is 0 Å². The predicted molar refractivity (Wildman–Crippen MR) is 128 cm³/mol. The van der Waals surface area contributed by atoms with Crippen LogP contribution in [0.2, 0.25) is 0 Å². The Labute approximate surface area is 191 Å². The summed E-state index contributed by atoms with van der Waals surface area (Å²) in [5.74, 6) is 0.506. The maximum Gasteiger partial charge on any atom is 0.252 e. The van der Waals surface area contributed by atoms with Crippen molar-refractivity contribution in [1.82, 2.24) is 24.5 Å². The van der Waals surface area contributed by atoms with Crippen molar-refractivity contribution in [3.63, 3.8) is 0 Å². The molecule has 0 saturated carbocycles. The number of benzene rings is 1. The number of pyridine rings is 2. The quantitative estimate of drug-likeness (QED) is 0.472. The molecule has 0 radical (unpaired) electrons. The molecular weight excluding hydrogens is 416 g/mol. The predicted octanol–water partition coefficient (Wildman–Crippen LogP) is 2.25. The molecule has 9 heteroatoms. The number of nitrogens with one attached hydrogen (secondary N) is 1. The molecular formula is C24H26N8O. The van der Waals surface area contributed by atoms with E-state index in [-0.39, 0.29) is 0 Å². The number of fused-ring (bicyclic) bond motifs is 1. The first-order chi connectivity index (χ1) is 16.1. The fourth-order valence-electron chi connectivity index (χ4n) is 4.03. The summed E-state index contributed by atoms with van der Waals surface area (Å²) < 4.78 is 1.64. The van der Waals surface area contributed by atoms with Gasteiger partial charge in [-0.3, -0.25) is 4.79 Å². The van der Waals surface area contributed by atoms with E-state index in [1.165, 1.54) is 6.33 Å². The third kappa shape index (κ3) is 4.35. The van der Waals surface area contributed by atoms with Crippen LogP contribution in [0.3, 0.4) is 0 Å². The van der Waals surface area contributed by atoms with Gasteiger partial charge in [-0.2, -0.15) is 5.10 Å². The molecule has 1 aromatic carbocycles. The molecule has 5 rings (SSSR count). The maximum absolute atomic E-state index is 11.6. The fourth-order valence-corrected chi connectivity index (χ4v) is 4.03. The smallest absolute Gasteiger partial charge is 0.252 e. The number of hydrogen-bond acceptors (Lipinski definition) is 7. The second-order valence-electron chi connectivity index (χ2n) is 8.24. The number of likely N-dealkylation sites (N-methyl/N-ethyl adjacent to an activating group) is 1. The van der Waals surface area contributed by atoms with Crippen LogP contribution in [0.15, 0.2) is 61.1 Å². The molecule has 0 spiro atoms. The lowest BCUT2D eigenvalue weighted by Gasteiger charge is -2.33. The van der Waals surface area contributed by atoms with Crippen molar-refractivity contribution < 1.29 is 4.79 Å². The van der Waals surface area contributed by atoms with E-state index in [0.29, 0.717) is 17.8 Å². The second-order valence-corrected chi connectivity index (χ2v) is 8.24. The minimum atomic E-state index is -0.521. The molecule has 0 bridgehead atoms. The number of amides is 1. The molecule has 9 nitrogen and oxygen atoms in total. The van der Waals surface area contributed by atoms with Gasteiger partial charge in [-0.15, -0.1) is 0 Å². The molecule has 1 fully saturated rings. The molecule has 33 heavy (non-hydrogen) atoms. The number of piperazine rings is 1. The minimum absolute atomic E-state index is 0.351. The number of aromatic nitrogens is 4. The summed E-state index contributed by atoms with van der Waals surface area (Å²) in [5, 5.41) is 7.69. The maximum atomic E-state index is 11.6. The van der Waals surface area contributed by atoms with Gasteiger partial charge in [0.05, 0.1) is 23.1 Å². The number of anilines is 2. The van der Waals surface area contributed by atoms with Gasteiger partial charge < -0.3 is 20.9 Å². The van der Waals surface area contributed by atoms with Gasteiger partial charge in [-0.1, -0.05) is 24.3 Å². The van der Waals surface area contributed by atoms with Crippen LogP contribution in [-0.4, -0.2) is 63.6 Å². The summed E-state index contributed by atoms with van der Waals surface area (Å²) in [6, 6.07) is 15.9. The Morgan fingerprint density at radius 1 is 1.00 bits per heavy atom. The van der Waals surface area contributed by atoms with E-state index in [0.717, 1.165) is 54.5 Å². The highest BCUT2D eigenvalue weighted by Gasteiger charge is 2.15. The van der Waals surface area contributed by atoms with E-state index < -0.39 is 5.91 Å². The van der Waals surface area contributed by atoms with Crippen LogP contribution in [0.1, 0.15) is 15.9 Å². The third-order valence-electron chi connectivity index (χ3n) is 6.01. The molecule has 1 saturated heterocycles. The van der Waals surface area contributed by atoms with Crippen LogP contribution in [0.25, 0.3) is 16.9 Å². The number of nitrogens with zero attached hydrogens (tertiary/aromatic N) is 6. The summed E-state index contributed by atoms with van der Waals surface area (Å²) in [7, 11) is 2.15. The summed E-state index contributed by atoms with van der Waals surface area (Å²) in [4.78, 5) is 25.1. The molecule has 4 heterocycles. The highest BCUT2D eigenvalue weighted by atomic mass is 16.1. The van der Waals surface area contributed by atoms with Gasteiger partial charge in [0.2, 0.25) is 0 Å². The zero-order chi connectivity index (χ0) is 22.8. The molecule has 1 aliphatic heterocycles. The lowest BCUT2D eigenvalue weighted by molar-refractivity contribution is 0.100. The first kappa shape index (κ1) is 20.9. The third-order valence-corrected chi connectivity index (χ3v) is 6.01. The number of nitrogens with two attached hydrogens (primary N) is 1. The second kappa shape index (κ2) is 8.87. The molecule has 168 valence electrons. The number of primary amides is 1. The van der Waals surface area contributed by atoms with Crippen LogP contribution in [0, 0.1) is 0 Å². The summed E-state index contributed by atoms with van der Waals surface area (Å²) in [6.45, 7) is 4.84. The van der Waals surface area contributed by atoms with Crippen molar-refractivity contribution >= 4 is 23.1 Å². The number of hydrogen-bond donors (Lipinski definition) is 2. The average molecular weight is 443 g/mol. The monoisotopic (exact) mass is 442 g/mol. The molecule has 3 aromatic heterocycles. The highest BCUT2D eigenvalue weighted by Crippen LogP contribution is 2.23. The Balaban J connectivity index is 1.25. The van der Waals surface area contributed by atoms with Crippen molar-refractivity contribution in [1.29, 1.82) is 0 Å². The topological polar surface area (TPSA) is 105 Å². The zero-order valence-corrected chi connectivity index (χ0v) is 18.5. The van der Waals surface area contributed by atoms with Gasteiger partial charge in [0.25, 0.3) is 5.91 Å². The van der Waals surface area contributed by atoms with E-state index >= 15 is 0 Å². The Hall–Kier alpha value is -3.98. The average Bonchev–Trinajstić information content (AvgIpc) is 3.33. The van der Waals surface area contributed by atoms with Gasteiger partial charge in [0.15, 0.2) is 5.65 Å². The molecule has 3 N–H and O–H groups in total. The SMILES string of the molecule is CN1CCN(c2ccc(NCc3ccc(-c4ccc(C(N)=O)c5ncnn45)cc3)cn2)CC1. The Morgan fingerprint density at radius 2 is 1.79 bits per heavy atom. The van der Waals surface area contributed by atoms with E-state index in [1.807, 2.05) is 24.4 Å². The standard InChI is InChI=1S/C24H26N8O/c1-30-10-12-31(13-11-30)22-9-6-19(15-27-22)26-14-17-2-4-18(5-3-17)21-8-7-20(23(25)33)24-28-16-29-32(21)24/h2-9,15-16,26H,10-14H2,1H3,(H2,25,33). The first-order valence-electron chi connectivity index (χ1n) is 10.9. The van der Waals surface area contributed by atoms with Gasteiger partial charge in [0, 0.05) is 38.3 Å². The largest absolute Gasteiger partial charge is 0.380 e. The molecule has 0 atom stereocenters. The van der Waals surface area contributed by atoms with E-state index in [1.54, 1.807) is 10.6 Å². The lowest BCUT2D eigenvalue weighted by Crippen LogP contribution is -2.44. The van der Waals surface area contributed by atoms with Gasteiger partial charge in [0.1, 0.15) is 12.1 Å². The van der Waals surface area contributed by atoms with Gasteiger partial charge >= 0.3 is 0 Å². The van der Waals surface area contributed by atoms with Gasteiger partial charge in [-0.05, 0) is 36.9 Å². The van der Waals surface area contributed by atoms with E-state index in [4.69, 9.17) is 5.73 Å². The molecule has 0 aliphatic carbocycles. The van der Waals surface area contributed by atoms with Crippen molar-refractivity contribution in [3.05, 3.63) is 72.2 Å². The minimum Gasteiger partial charge on any atom is -0.380 e. The first-order valence-corrected chi connectivity index (χ1v) is 10.9. The lowest BCUT2D eigenvalue weighted by atomic mass is 10.1. The van der Waals surface area contributed by atoms with E-state index in [9.17, 15) is 4.79 Å².